The SMILES string of the molecule is N#Cc1c(-c2ccccc2Cl)c2c([nH]c1=O)/C(=C\c1ccccc1Cl)CN(Cc1ccc(F)cc1)C2. The summed E-state index contributed by atoms with van der Waals surface area (Å²) in [5.74, 6) is -0.292. The number of hydrogen-bond donors (Lipinski definition) is 1. The Morgan fingerprint density at radius 2 is 1.67 bits per heavy atom. The Balaban J connectivity index is 1.73. The van der Waals surface area contributed by atoms with Crippen LogP contribution < -0.4 is 5.56 Å². The molecule has 0 saturated heterocycles. The van der Waals surface area contributed by atoms with E-state index < -0.39 is 5.56 Å². The highest BCUT2D eigenvalue weighted by atomic mass is 35.5. The summed E-state index contributed by atoms with van der Waals surface area (Å²) in [6.45, 7) is 1.51. The van der Waals surface area contributed by atoms with E-state index in [1.165, 1.54) is 12.1 Å². The molecule has 1 N–H and O–H groups in total. The average molecular weight is 516 g/mol. The van der Waals surface area contributed by atoms with E-state index in [0.717, 1.165) is 22.3 Å². The molecule has 0 radical (unpaired) electrons. The summed E-state index contributed by atoms with van der Waals surface area (Å²) in [6.07, 6.45) is 1.95. The molecule has 0 saturated carbocycles. The molecule has 4 nitrogen and oxygen atoms in total. The first-order chi connectivity index (χ1) is 17.4. The van der Waals surface area contributed by atoms with Crippen molar-refractivity contribution in [1.82, 2.24) is 9.88 Å². The molecule has 0 bridgehead atoms. The van der Waals surface area contributed by atoms with Gasteiger partial charge in [0.15, 0.2) is 0 Å². The smallest absolute Gasteiger partial charge is 0.266 e. The molecule has 0 amide bonds. The van der Waals surface area contributed by atoms with Gasteiger partial charge in [0.1, 0.15) is 17.4 Å². The molecule has 0 fully saturated rings. The normalized spacial score (nSPS) is 14.4. The van der Waals surface area contributed by atoms with Gasteiger partial charge in [-0.3, -0.25) is 9.69 Å². The third kappa shape index (κ3) is 4.72. The van der Waals surface area contributed by atoms with Crippen LogP contribution in [-0.2, 0) is 13.1 Å². The number of fused-ring (bicyclic) bond motifs is 1. The van der Waals surface area contributed by atoms with Crippen LogP contribution in [0.3, 0.4) is 0 Å². The van der Waals surface area contributed by atoms with Gasteiger partial charge in [0.05, 0.1) is 5.69 Å². The summed E-state index contributed by atoms with van der Waals surface area (Å²) >= 11 is 13.0. The standard InChI is InChI=1S/C29H20Cl2FN3O/c30-25-7-3-1-5-19(25)13-20-16-35(15-18-9-11-21(32)12-10-18)17-24-27(22-6-2-4-8-26(22)31)23(14-33)29(36)34-28(20)24/h1-13H,15-17H2,(H,34,36)/b20-13-. The fourth-order valence-electron chi connectivity index (χ4n) is 4.60. The number of benzene rings is 3. The summed E-state index contributed by atoms with van der Waals surface area (Å²) in [5.41, 5.74) is 4.76. The minimum atomic E-state index is -0.469. The molecule has 4 aromatic rings. The second-order valence-electron chi connectivity index (χ2n) is 8.61. The Bertz CT molecular complexity index is 1590. The summed E-state index contributed by atoms with van der Waals surface area (Å²) in [7, 11) is 0. The maximum atomic E-state index is 13.5. The lowest BCUT2D eigenvalue weighted by atomic mass is 9.88. The van der Waals surface area contributed by atoms with E-state index >= 15 is 0 Å². The van der Waals surface area contributed by atoms with E-state index in [2.05, 4.69) is 16.0 Å². The van der Waals surface area contributed by atoms with Gasteiger partial charge < -0.3 is 4.98 Å². The Hall–Kier alpha value is -3.69. The Morgan fingerprint density at radius 3 is 2.36 bits per heavy atom. The zero-order valence-electron chi connectivity index (χ0n) is 19.1. The quantitative estimate of drug-likeness (QED) is 0.321. The van der Waals surface area contributed by atoms with Crippen LogP contribution in [0, 0.1) is 17.1 Å². The molecule has 7 heteroatoms. The number of H-pyrrole nitrogens is 1. The van der Waals surface area contributed by atoms with Gasteiger partial charge in [-0.15, -0.1) is 0 Å². The van der Waals surface area contributed by atoms with E-state index in [1.54, 1.807) is 24.3 Å². The van der Waals surface area contributed by atoms with Crippen LogP contribution in [0.25, 0.3) is 22.8 Å². The van der Waals surface area contributed by atoms with Gasteiger partial charge in [-0.2, -0.15) is 5.26 Å². The van der Waals surface area contributed by atoms with Gasteiger partial charge in [-0.25, -0.2) is 4.39 Å². The van der Waals surface area contributed by atoms with Crippen molar-refractivity contribution in [3.8, 4) is 17.2 Å². The number of nitriles is 1. The molecule has 1 aliphatic heterocycles. The molecule has 0 unspecified atom stereocenters. The van der Waals surface area contributed by atoms with Gasteiger partial charge in [-0.1, -0.05) is 71.7 Å². The zero-order valence-corrected chi connectivity index (χ0v) is 20.6. The molecule has 36 heavy (non-hydrogen) atoms. The predicted molar refractivity (Wildman–Crippen MR) is 142 cm³/mol. The zero-order chi connectivity index (χ0) is 25.2. The summed E-state index contributed by atoms with van der Waals surface area (Å²) in [6, 6.07) is 23.1. The van der Waals surface area contributed by atoms with Crippen molar-refractivity contribution in [2.75, 3.05) is 6.54 Å². The molecule has 0 aliphatic carbocycles. The minimum Gasteiger partial charge on any atom is -0.321 e. The highest BCUT2D eigenvalue weighted by molar-refractivity contribution is 6.33. The van der Waals surface area contributed by atoms with Gasteiger partial charge in [0, 0.05) is 40.8 Å². The molecular formula is C29H20Cl2FN3O. The first kappa shape index (κ1) is 24.0. The Kier molecular flexibility index (Phi) is 6.75. The third-order valence-electron chi connectivity index (χ3n) is 6.23. The summed E-state index contributed by atoms with van der Waals surface area (Å²) in [4.78, 5) is 18.2. The summed E-state index contributed by atoms with van der Waals surface area (Å²) in [5, 5.41) is 11.0. The second-order valence-corrected chi connectivity index (χ2v) is 9.43. The lowest BCUT2D eigenvalue weighted by Crippen LogP contribution is -2.33. The number of nitrogens with zero attached hydrogens (tertiary/aromatic N) is 2. The van der Waals surface area contributed by atoms with Crippen molar-refractivity contribution < 1.29 is 4.39 Å². The fourth-order valence-corrected chi connectivity index (χ4v) is 5.02. The van der Waals surface area contributed by atoms with Gasteiger partial charge in [-0.05, 0) is 52.6 Å². The molecule has 0 spiro atoms. The molecule has 5 rings (SSSR count). The Morgan fingerprint density at radius 1 is 0.972 bits per heavy atom. The van der Waals surface area contributed by atoms with Gasteiger partial charge in [0.2, 0.25) is 0 Å². The molecule has 3 aromatic carbocycles. The maximum Gasteiger partial charge on any atom is 0.266 e. The molecule has 178 valence electrons. The van der Waals surface area contributed by atoms with Crippen LogP contribution in [0.1, 0.15) is 27.9 Å². The number of aromatic nitrogens is 1. The van der Waals surface area contributed by atoms with Crippen LogP contribution in [-0.4, -0.2) is 16.4 Å². The van der Waals surface area contributed by atoms with Crippen molar-refractivity contribution in [3.63, 3.8) is 0 Å². The van der Waals surface area contributed by atoms with E-state index in [0.29, 0.717) is 46.5 Å². The molecule has 0 atom stereocenters. The predicted octanol–water partition coefficient (Wildman–Crippen LogP) is 6.92. The number of nitrogens with one attached hydrogen (secondary N) is 1. The van der Waals surface area contributed by atoms with Gasteiger partial charge >= 0.3 is 0 Å². The van der Waals surface area contributed by atoms with Crippen molar-refractivity contribution in [1.29, 1.82) is 5.26 Å². The van der Waals surface area contributed by atoms with Crippen molar-refractivity contribution in [3.05, 3.63) is 127 Å². The topological polar surface area (TPSA) is 59.9 Å². The molecular weight excluding hydrogens is 496 g/mol. The number of hydrogen-bond acceptors (Lipinski definition) is 3. The van der Waals surface area contributed by atoms with Crippen LogP contribution >= 0.6 is 23.2 Å². The number of pyridine rings is 1. The van der Waals surface area contributed by atoms with E-state index in [1.807, 2.05) is 42.5 Å². The van der Waals surface area contributed by atoms with Gasteiger partial charge in [0.25, 0.3) is 5.56 Å². The Labute approximate surface area is 217 Å². The van der Waals surface area contributed by atoms with Crippen LogP contribution in [0.2, 0.25) is 10.0 Å². The van der Waals surface area contributed by atoms with E-state index in [-0.39, 0.29) is 11.4 Å². The maximum absolute atomic E-state index is 13.5. The molecule has 1 aromatic heterocycles. The average Bonchev–Trinajstić information content (AvgIpc) is 2.87. The molecule has 1 aliphatic rings. The minimum absolute atomic E-state index is 0.0163. The van der Waals surface area contributed by atoms with Crippen LogP contribution in [0.5, 0.6) is 0 Å². The van der Waals surface area contributed by atoms with Crippen molar-refractivity contribution in [2.24, 2.45) is 0 Å². The van der Waals surface area contributed by atoms with Crippen LogP contribution in [0.4, 0.5) is 4.39 Å². The van der Waals surface area contributed by atoms with Crippen molar-refractivity contribution in [2.45, 2.75) is 13.1 Å². The lowest BCUT2D eigenvalue weighted by Gasteiger charge is -2.32. The largest absolute Gasteiger partial charge is 0.321 e. The van der Waals surface area contributed by atoms with Crippen LogP contribution in [0.15, 0.2) is 77.6 Å². The highest BCUT2D eigenvalue weighted by Gasteiger charge is 2.28. The third-order valence-corrected chi connectivity index (χ3v) is 6.90. The lowest BCUT2D eigenvalue weighted by molar-refractivity contribution is 0.282. The highest BCUT2D eigenvalue weighted by Crippen LogP contribution is 2.39. The summed E-state index contributed by atoms with van der Waals surface area (Å²) < 4.78 is 13.5. The number of rotatable bonds is 4. The second kappa shape index (κ2) is 10.1. The van der Waals surface area contributed by atoms with E-state index in [9.17, 15) is 14.4 Å². The number of aromatic amines is 1. The fraction of sp³-hybridized carbons (Fsp3) is 0.103. The molecule has 2 heterocycles. The first-order valence-corrected chi connectivity index (χ1v) is 12.1. The van der Waals surface area contributed by atoms with Crippen molar-refractivity contribution >= 4 is 34.9 Å². The first-order valence-electron chi connectivity index (χ1n) is 11.3. The van der Waals surface area contributed by atoms with E-state index in [4.69, 9.17) is 23.2 Å². The monoisotopic (exact) mass is 515 g/mol. The number of halogens is 3.